The van der Waals surface area contributed by atoms with E-state index in [1.54, 1.807) is 18.2 Å². The number of hydrogen-bond acceptors (Lipinski definition) is 3. The van der Waals surface area contributed by atoms with E-state index in [1.807, 2.05) is 0 Å². The third-order valence-corrected chi connectivity index (χ3v) is 2.29. The lowest BCUT2D eigenvalue weighted by atomic mass is 10.1. The first kappa shape index (κ1) is 14.7. The highest BCUT2D eigenvalue weighted by Crippen LogP contribution is 2.21. The smallest absolute Gasteiger partial charge is 0.411 e. The lowest BCUT2D eigenvalue weighted by molar-refractivity contribution is -0.176. The van der Waals surface area contributed by atoms with Gasteiger partial charge < -0.3 is 15.2 Å². The fraction of sp³-hybridized carbons (Fsp3) is 0.364. The summed E-state index contributed by atoms with van der Waals surface area (Å²) in [6.07, 6.45) is -4.33. The summed E-state index contributed by atoms with van der Waals surface area (Å²) in [5.41, 5.74) is 6.56. The van der Waals surface area contributed by atoms with Crippen molar-refractivity contribution in [3.05, 3.63) is 29.3 Å². The van der Waals surface area contributed by atoms with Crippen LogP contribution in [0.3, 0.4) is 0 Å². The van der Waals surface area contributed by atoms with E-state index in [2.05, 4.69) is 4.74 Å². The maximum absolute atomic E-state index is 11.9. The van der Waals surface area contributed by atoms with Crippen LogP contribution in [0.5, 0.6) is 5.75 Å². The summed E-state index contributed by atoms with van der Waals surface area (Å²) in [5.74, 6) is 0.413. The Balaban J connectivity index is 2.71. The quantitative estimate of drug-likeness (QED) is 0.841. The van der Waals surface area contributed by atoms with Gasteiger partial charge in [-0.05, 0) is 17.7 Å². The molecule has 0 aromatic heterocycles. The van der Waals surface area contributed by atoms with E-state index in [1.165, 1.54) is 7.11 Å². The lowest BCUT2D eigenvalue weighted by Crippen LogP contribution is -2.17. The zero-order valence-electron chi connectivity index (χ0n) is 9.58. The number of ether oxygens (including phenoxy) is 2. The molecule has 2 N–H and O–H groups in total. The van der Waals surface area contributed by atoms with Crippen LogP contribution in [-0.4, -0.2) is 24.9 Å². The molecule has 0 radical (unpaired) electrons. The van der Waals surface area contributed by atoms with Gasteiger partial charge in [0.1, 0.15) is 17.3 Å². The molecule has 1 aromatic carbocycles. The van der Waals surface area contributed by atoms with Crippen molar-refractivity contribution >= 4 is 17.2 Å². The van der Waals surface area contributed by atoms with Crippen molar-refractivity contribution in [2.24, 2.45) is 5.73 Å². The highest BCUT2D eigenvalue weighted by molar-refractivity contribution is 7.80. The van der Waals surface area contributed by atoms with Crippen LogP contribution < -0.4 is 10.5 Å². The Morgan fingerprint density at radius 1 is 1.39 bits per heavy atom. The molecule has 7 heteroatoms. The molecule has 0 saturated carbocycles. The number of rotatable bonds is 5. The first-order chi connectivity index (χ1) is 8.33. The average molecular weight is 279 g/mol. The number of methoxy groups -OCH3 is 1. The summed E-state index contributed by atoms with van der Waals surface area (Å²) in [7, 11) is 1.43. The Kier molecular flexibility index (Phi) is 4.92. The summed E-state index contributed by atoms with van der Waals surface area (Å²) in [5, 5.41) is 0. The Labute approximate surface area is 108 Å². The van der Waals surface area contributed by atoms with E-state index in [0.29, 0.717) is 16.9 Å². The van der Waals surface area contributed by atoms with Crippen LogP contribution >= 0.6 is 12.2 Å². The molecule has 0 bridgehead atoms. The van der Waals surface area contributed by atoms with Gasteiger partial charge in [0.25, 0.3) is 0 Å². The monoisotopic (exact) mass is 279 g/mol. The summed E-state index contributed by atoms with van der Waals surface area (Å²) in [4.78, 5) is 0.162. The molecule has 3 nitrogen and oxygen atoms in total. The molecule has 100 valence electrons. The summed E-state index contributed by atoms with van der Waals surface area (Å²) in [6, 6.07) is 4.73. The third-order valence-electron chi connectivity index (χ3n) is 2.07. The Hall–Kier alpha value is -1.34. The lowest BCUT2D eigenvalue weighted by Gasteiger charge is -2.11. The topological polar surface area (TPSA) is 44.5 Å². The molecule has 0 aliphatic carbocycles. The van der Waals surface area contributed by atoms with Crippen molar-refractivity contribution in [3.8, 4) is 5.75 Å². The van der Waals surface area contributed by atoms with Gasteiger partial charge in [-0.1, -0.05) is 18.3 Å². The van der Waals surface area contributed by atoms with Crippen LogP contribution in [-0.2, 0) is 11.3 Å². The molecule has 0 aliphatic heterocycles. The zero-order valence-corrected chi connectivity index (χ0v) is 10.4. The van der Waals surface area contributed by atoms with Gasteiger partial charge >= 0.3 is 6.18 Å². The van der Waals surface area contributed by atoms with E-state index in [0.717, 1.165) is 0 Å². The van der Waals surface area contributed by atoms with Gasteiger partial charge in [-0.2, -0.15) is 13.2 Å². The first-order valence-electron chi connectivity index (χ1n) is 4.94. The highest BCUT2D eigenvalue weighted by atomic mass is 32.1. The normalized spacial score (nSPS) is 11.3. The number of alkyl halides is 3. The first-order valence-corrected chi connectivity index (χ1v) is 5.35. The molecule has 0 atom stereocenters. The highest BCUT2D eigenvalue weighted by Gasteiger charge is 2.27. The third kappa shape index (κ3) is 4.50. The average Bonchev–Trinajstić information content (AvgIpc) is 2.26. The van der Waals surface area contributed by atoms with Gasteiger partial charge in [0.15, 0.2) is 0 Å². The van der Waals surface area contributed by atoms with E-state index < -0.39 is 12.8 Å². The predicted octanol–water partition coefficient (Wildman–Crippen LogP) is 2.41. The SMILES string of the molecule is COc1cc(COCC(F)(F)F)ccc1C(N)=S. The Morgan fingerprint density at radius 3 is 2.56 bits per heavy atom. The summed E-state index contributed by atoms with van der Waals surface area (Å²) < 4.78 is 45.3. The molecular weight excluding hydrogens is 267 g/mol. The number of nitrogens with two attached hydrogens (primary N) is 1. The second kappa shape index (κ2) is 6.01. The van der Waals surface area contributed by atoms with Gasteiger partial charge in [-0.15, -0.1) is 0 Å². The molecule has 0 unspecified atom stereocenters. The van der Waals surface area contributed by atoms with Crippen molar-refractivity contribution in [2.75, 3.05) is 13.7 Å². The largest absolute Gasteiger partial charge is 0.496 e. The zero-order chi connectivity index (χ0) is 13.8. The van der Waals surface area contributed by atoms with Crippen molar-refractivity contribution < 1.29 is 22.6 Å². The van der Waals surface area contributed by atoms with E-state index in [4.69, 9.17) is 22.7 Å². The van der Waals surface area contributed by atoms with Gasteiger partial charge in [0.05, 0.1) is 19.3 Å². The second-order valence-corrected chi connectivity index (χ2v) is 3.95. The maximum Gasteiger partial charge on any atom is 0.411 e. The molecule has 0 saturated heterocycles. The molecule has 1 aromatic rings. The number of halogens is 3. The van der Waals surface area contributed by atoms with E-state index in [-0.39, 0.29) is 11.6 Å². The van der Waals surface area contributed by atoms with Crippen LogP contribution in [0.1, 0.15) is 11.1 Å². The minimum atomic E-state index is -4.33. The molecule has 0 fully saturated rings. The van der Waals surface area contributed by atoms with Crippen molar-refractivity contribution in [1.29, 1.82) is 0 Å². The van der Waals surface area contributed by atoms with Gasteiger partial charge in [0.2, 0.25) is 0 Å². The van der Waals surface area contributed by atoms with Gasteiger partial charge in [-0.3, -0.25) is 0 Å². The van der Waals surface area contributed by atoms with Crippen LogP contribution in [0.4, 0.5) is 13.2 Å². The molecule has 1 rings (SSSR count). The Morgan fingerprint density at radius 2 is 2.06 bits per heavy atom. The van der Waals surface area contributed by atoms with Crippen molar-refractivity contribution in [1.82, 2.24) is 0 Å². The Bertz CT molecular complexity index is 435. The number of hydrogen-bond donors (Lipinski definition) is 1. The molecule has 0 heterocycles. The standard InChI is InChI=1S/C11H12F3NO2S/c1-16-9-4-7(2-3-8(9)10(15)18)5-17-6-11(12,13)14/h2-4H,5-6H2,1H3,(H2,15,18). The summed E-state index contributed by atoms with van der Waals surface area (Å²) >= 11 is 4.81. The number of benzene rings is 1. The minimum Gasteiger partial charge on any atom is -0.496 e. The number of thiocarbonyl (C=S) groups is 1. The molecule has 0 spiro atoms. The minimum absolute atomic E-state index is 0.159. The van der Waals surface area contributed by atoms with Crippen LogP contribution in [0.2, 0.25) is 0 Å². The van der Waals surface area contributed by atoms with Crippen molar-refractivity contribution in [3.63, 3.8) is 0 Å². The van der Waals surface area contributed by atoms with Crippen LogP contribution in [0.15, 0.2) is 18.2 Å². The summed E-state index contributed by atoms with van der Waals surface area (Å²) in [6.45, 7) is -1.44. The van der Waals surface area contributed by atoms with E-state index >= 15 is 0 Å². The predicted molar refractivity (Wildman–Crippen MR) is 64.6 cm³/mol. The molecule has 18 heavy (non-hydrogen) atoms. The molecule has 0 aliphatic rings. The molecule has 0 amide bonds. The maximum atomic E-state index is 11.9. The molecular formula is C11H12F3NO2S. The van der Waals surface area contributed by atoms with E-state index in [9.17, 15) is 13.2 Å². The van der Waals surface area contributed by atoms with Gasteiger partial charge in [-0.25, -0.2) is 0 Å². The van der Waals surface area contributed by atoms with Gasteiger partial charge in [0, 0.05) is 0 Å². The fourth-order valence-corrected chi connectivity index (χ4v) is 1.48. The van der Waals surface area contributed by atoms with Crippen molar-refractivity contribution in [2.45, 2.75) is 12.8 Å². The van der Waals surface area contributed by atoms with Crippen LogP contribution in [0.25, 0.3) is 0 Å². The second-order valence-electron chi connectivity index (χ2n) is 3.51. The van der Waals surface area contributed by atoms with Crippen LogP contribution in [0, 0.1) is 0 Å². The fourth-order valence-electron chi connectivity index (χ4n) is 1.31.